The van der Waals surface area contributed by atoms with E-state index >= 15 is 0 Å². The highest BCUT2D eigenvalue weighted by Gasteiger charge is 2.21. The summed E-state index contributed by atoms with van der Waals surface area (Å²) in [7, 11) is -4.61. The minimum absolute atomic E-state index is 0.0850. The van der Waals surface area contributed by atoms with Crippen molar-refractivity contribution in [3.8, 4) is 11.5 Å². The molecule has 2 aromatic rings. The van der Waals surface area contributed by atoms with E-state index in [1.165, 1.54) is 24.3 Å². The van der Waals surface area contributed by atoms with Crippen LogP contribution < -0.4 is 5.09 Å². The van der Waals surface area contributed by atoms with Crippen molar-refractivity contribution in [1.29, 1.82) is 0 Å². The molecular formula is C16H18NO6P. The molecule has 1 atom stereocenters. The highest BCUT2D eigenvalue weighted by Crippen LogP contribution is 2.38. The molecule has 0 aromatic heterocycles. The first-order chi connectivity index (χ1) is 11.2. The van der Waals surface area contributed by atoms with Crippen molar-refractivity contribution in [3.63, 3.8) is 0 Å². The summed E-state index contributed by atoms with van der Waals surface area (Å²) in [4.78, 5) is 30.6. The number of aromatic hydroxyl groups is 2. The Morgan fingerprint density at radius 3 is 2.25 bits per heavy atom. The van der Waals surface area contributed by atoms with Crippen molar-refractivity contribution in [2.24, 2.45) is 0 Å². The number of Topliss-reactive ketones (excluding diaryl/α,β-unsaturated/α-hetero) is 1. The van der Waals surface area contributed by atoms with Crippen LogP contribution in [-0.4, -0.2) is 25.8 Å². The van der Waals surface area contributed by atoms with Gasteiger partial charge >= 0.3 is 7.75 Å². The third-order valence-corrected chi connectivity index (χ3v) is 4.06. The normalized spacial score (nSPS) is 12.6. The molecule has 128 valence electrons. The molecule has 0 saturated heterocycles. The lowest BCUT2D eigenvalue weighted by molar-refractivity contribution is 0.0976. The van der Waals surface area contributed by atoms with Crippen LogP contribution in [0.5, 0.6) is 11.5 Å². The van der Waals surface area contributed by atoms with Crippen LogP contribution in [0.3, 0.4) is 0 Å². The fourth-order valence-electron chi connectivity index (χ4n) is 2.33. The van der Waals surface area contributed by atoms with Crippen LogP contribution in [0.4, 0.5) is 5.69 Å². The van der Waals surface area contributed by atoms with Crippen LogP contribution in [0.2, 0.25) is 0 Å². The Morgan fingerprint density at radius 2 is 1.67 bits per heavy atom. The average Bonchev–Trinajstić information content (AvgIpc) is 2.46. The number of nitrogens with one attached hydrogen (secondary N) is 1. The highest BCUT2D eigenvalue weighted by molar-refractivity contribution is 7.53. The van der Waals surface area contributed by atoms with Gasteiger partial charge in [0, 0.05) is 18.1 Å². The second kappa shape index (κ2) is 7.05. The Hall–Kier alpha value is -2.34. The molecular weight excluding hydrogens is 333 g/mol. The highest BCUT2D eigenvalue weighted by atomic mass is 31.2. The van der Waals surface area contributed by atoms with Gasteiger partial charge in [-0.2, -0.15) is 0 Å². The Bertz CT molecular complexity index is 784. The van der Waals surface area contributed by atoms with Gasteiger partial charge in [0.15, 0.2) is 5.78 Å². The van der Waals surface area contributed by atoms with Crippen molar-refractivity contribution >= 4 is 19.2 Å². The maximum atomic E-state index is 12.5. The summed E-state index contributed by atoms with van der Waals surface area (Å²) in [5, 5.41) is 20.7. The molecule has 0 radical (unpaired) electrons. The number of carbonyl (C=O) groups is 1. The third kappa shape index (κ3) is 4.83. The number of phenols is 2. The number of anilines is 1. The van der Waals surface area contributed by atoms with E-state index in [0.717, 1.165) is 11.6 Å². The van der Waals surface area contributed by atoms with E-state index in [1.54, 1.807) is 12.1 Å². The predicted molar refractivity (Wildman–Crippen MR) is 89.2 cm³/mol. The van der Waals surface area contributed by atoms with Crippen LogP contribution in [0.25, 0.3) is 0 Å². The molecule has 0 bridgehead atoms. The molecule has 0 spiro atoms. The quantitative estimate of drug-likeness (QED) is 0.400. The fraction of sp³-hybridized carbons (Fsp3) is 0.188. The number of carbonyl (C=O) groups excluding carboxylic acids is 1. The van der Waals surface area contributed by atoms with Crippen molar-refractivity contribution in [1.82, 2.24) is 0 Å². The van der Waals surface area contributed by atoms with E-state index in [4.69, 9.17) is 9.79 Å². The van der Waals surface area contributed by atoms with Crippen LogP contribution in [-0.2, 0) is 4.57 Å². The second-order valence-electron chi connectivity index (χ2n) is 5.51. The average molecular weight is 351 g/mol. The molecule has 0 heterocycles. The monoisotopic (exact) mass is 351 g/mol. The topological polar surface area (TPSA) is 127 Å². The molecule has 0 aliphatic heterocycles. The molecule has 0 aliphatic rings. The number of hydrogen-bond acceptors (Lipinski definition) is 4. The molecule has 8 heteroatoms. The van der Waals surface area contributed by atoms with Gasteiger partial charge in [0.1, 0.15) is 11.5 Å². The van der Waals surface area contributed by atoms with Crippen LogP contribution >= 0.6 is 7.75 Å². The Labute approximate surface area is 138 Å². The third-order valence-electron chi connectivity index (χ3n) is 3.52. The van der Waals surface area contributed by atoms with Gasteiger partial charge in [-0.25, -0.2) is 4.57 Å². The first-order valence-corrected chi connectivity index (χ1v) is 8.76. The SMILES string of the molecule is CC(CC(=O)c1ccc(O)cc1NP(=O)(O)O)c1ccc(O)cc1. The molecule has 0 saturated carbocycles. The summed E-state index contributed by atoms with van der Waals surface area (Å²) in [5.74, 6) is -0.570. The molecule has 2 rings (SSSR count). The summed E-state index contributed by atoms with van der Waals surface area (Å²) in [5.41, 5.74) is 0.817. The minimum Gasteiger partial charge on any atom is -0.508 e. The Balaban J connectivity index is 2.23. The van der Waals surface area contributed by atoms with E-state index < -0.39 is 7.75 Å². The number of benzene rings is 2. The zero-order valence-electron chi connectivity index (χ0n) is 12.9. The maximum Gasteiger partial charge on any atom is 0.427 e. The van der Waals surface area contributed by atoms with Gasteiger partial charge in [-0.15, -0.1) is 0 Å². The number of hydrogen-bond donors (Lipinski definition) is 5. The lowest BCUT2D eigenvalue weighted by Gasteiger charge is -2.15. The van der Waals surface area contributed by atoms with Gasteiger partial charge in [0.05, 0.1) is 5.69 Å². The first kappa shape index (κ1) is 18.0. The smallest absolute Gasteiger partial charge is 0.427 e. The van der Waals surface area contributed by atoms with E-state index in [9.17, 15) is 19.6 Å². The van der Waals surface area contributed by atoms with Gasteiger partial charge in [-0.3, -0.25) is 9.88 Å². The fourth-order valence-corrected chi connectivity index (χ4v) is 2.83. The predicted octanol–water partition coefficient (Wildman–Crippen LogP) is 2.98. The van der Waals surface area contributed by atoms with E-state index in [0.29, 0.717) is 0 Å². The van der Waals surface area contributed by atoms with Gasteiger partial charge in [-0.1, -0.05) is 19.1 Å². The number of phenolic OH excluding ortho intramolecular Hbond substituents is 2. The molecule has 5 N–H and O–H groups in total. The summed E-state index contributed by atoms with van der Waals surface area (Å²) in [6, 6.07) is 10.2. The molecule has 0 amide bonds. The van der Waals surface area contributed by atoms with Gasteiger partial charge in [0.2, 0.25) is 0 Å². The summed E-state index contributed by atoms with van der Waals surface area (Å²) in [6.45, 7) is 1.83. The minimum atomic E-state index is -4.61. The number of rotatable bonds is 6. The van der Waals surface area contributed by atoms with E-state index in [2.05, 4.69) is 0 Å². The lowest BCUT2D eigenvalue weighted by atomic mass is 9.92. The van der Waals surface area contributed by atoms with Crippen molar-refractivity contribution in [2.75, 3.05) is 5.09 Å². The maximum absolute atomic E-state index is 12.5. The van der Waals surface area contributed by atoms with Crippen LogP contribution in [0, 0.1) is 0 Å². The Morgan fingerprint density at radius 1 is 1.08 bits per heavy atom. The Kier molecular flexibility index (Phi) is 5.29. The van der Waals surface area contributed by atoms with Gasteiger partial charge in [0.25, 0.3) is 0 Å². The second-order valence-corrected chi connectivity index (χ2v) is 6.82. The lowest BCUT2D eigenvalue weighted by Crippen LogP contribution is -2.08. The molecule has 24 heavy (non-hydrogen) atoms. The van der Waals surface area contributed by atoms with Crippen LogP contribution in [0.1, 0.15) is 35.2 Å². The summed E-state index contributed by atoms with van der Waals surface area (Å²) < 4.78 is 11.1. The van der Waals surface area contributed by atoms with Gasteiger partial charge < -0.3 is 20.0 Å². The summed E-state index contributed by atoms with van der Waals surface area (Å²) >= 11 is 0. The molecule has 0 aliphatic carbocycles. The number of ketones is 1. The first-order valence-electron chi connectivity index (χ1n) is 7.14. The molecule has 1 unspecified atom stereocenters. The molecule has 2 aromatic carbocycles. The zero-order valence-corrected chi connectivity index (χ0v) is 13.8. The van der Waals surface area contributed by atoms with E-state index in [-0.39, 0.29) is 40.9 Å². The standard InChI is InChI=1S/C16H18NO6P/c1-10(11-2-4-12(18)5-3-11)8-16(20)14-7-6-13(19)9-15(14)17-24(21,22)23/h2-7,9-10,18-19H,8H2,1H3,(H3,17,21,22,23). The van der Waals surface area contributed by atoms with E-state index in [1.807, 2.05) is 12.0 Å². The van der Waals surface area contributed by atoms with Crippen molar-refractivity contribution < 1.29 is 29.4 Å². The zero-order chi connectivity index (χ0) is 17.9. The van der Waals surface area contributed by atoms with Crippen molar-refractivity contribution in [3.05, 3.63) is 53.6 Å². The van der Waals surface area contributed by atoms with Gasteiger partial charge in [-0.05, 0) is 35.7 Å². The molecule has 0 fully saturated rings. The summed E-state index contributed by atoms with van der Waals surface area (Å²) in [6.07, 6.45) is 0.103. The largest absolute Gasteiger partial charge is 0.508 e. The van der Waals surface area contributed by atoms with Crippen LogP contribution in [0.15, 0.2) is 42.5 Å². The van der Waals surface area contributed by atoms with Crippen molar-refractivity contribution in [2.45, 2.75) is 19.3 Å². The molecule has 7 nitrogen and oxygen atoms in total.